The lowest BCUT2D eigenvalue weighted by Gasteiger charge is -2.05. The number of thioether (sulfide) groups is 1. The number of aliphatic hydroxyl groups excluding tert-OH is 1. The summed E-state index contributed by atoms with van der Waals surface area (Å²) in [4.78, 5) is 19.8. The van der Waals surface area contributed by atoms with Crippen LogP contribution in [0.3, 0.4) is 0 Å². The van der Waals surface area contributed by atoms with Crippen molar-refractivity contribution >= 4 is 17.7 Å². The Morgan fingerprint density at radius 1 is 1.59 bits per heavy atom. The van der Waals surface area contributed by atoms with Crippen LogP contribution >= 0.6 is 11.8 Å². The third-order valence-corrected chi connectivity index (χ3v) is 2.93. The molecule has 17 heavy (non-hydrogen) atoms. The third-order valence-electron chi connectivity index (χ3n) is 1.99. The molecule has 94 valence electrons. The number of hydrogen-bond donors (Lipinski definition) is 1. The van der Waals surface area contributed by atoms with E-state index in [9.17, 15) is 4.79 Å². The Labute approximate surface area is 105 Å². The van der Waals surface area contributed by atoms with Gasteiger partial charge < -0.3 is 9.84 Å². The van der Waals surface area contributed by atoms with Gasteiger partial charge in [-0.1, -0.05) is 11.8 Å². The average Bonchev–Trinajstić information content (AvgIpc) is 2.29. The molecule has 1 heterocycles. The van der Waals surface area contributed by atoms with E-state index in [1.165, 1.54) is 18.0 Å². The number of carbonyl (C=O) groups excluding carboxylic acids is 1. The molecular weight excluding hydrogens is 240 g/mol. The van der Waals surface area contributed by atoms with Gasteiger partial charge in [-0.15, -0.1) is 0 Å². The Kier molecular flexibility index (Phi) is 5.93. The molecule has 0 saturated carbocycles. The Hall–Kier alpha value is -1.14. The van der Waals surface area contributed by atoms with Gasteiger partial charge in [0.05, 0.1) is 17.9 Å². The third kappa shape index (κ3) is 4.32. The highest BCUT2D eigenvalue weighted by molar-refractivity contribution is 7.99. The zero-order chi connectivity index (χ0) is 12.7. The van der Waals surface area contributed by atoms with E-state index in [0.29, 0.717) is 29.4 Å². The van der Waals surface area contributed by atoms with E-state index in [4.69, 9.17) is 9.84 Å². The summed E-state index contributed by atoms with van der Waals surface area (Å²) in [6.45, 7) is 4.01. The number of rotatable bonds is 6. The molecule has 0 aromatic carbocycles. The van der Waals surface area contributed by atoms with E-state index >= 15 is 0 Å². The highest BCUT2D eigenvalue weighted by Crippen LogP contribution is 2.15. The van der Waals surface area contributed by atoms with Gasteiger partial charge in [0.2, 0.25) is 0 Å². The highest BCUT2D eigenvalue weighted by Gasteiger charge is 2.12. The van der Waals surface area contributed by atoms with Gasteiger partial charge in [0.25, 0.3) is 0 Å². The Morgan fingerprint density at radius 2 is 2.35 bits per heavy atom. The fourth-order valence-electron chi connectivity index (χ4n) is 1.15. The average molecular weight is 256 g/mol. The molecular formula is C11H16N2O3S. The minimum atomic E-state index is -0.392. The standard InChI is InChI=1S/C11H16N2O3S/c1-3-16-10(15)9-7-12-11(13-8(9)2)17-6-4-5-14/h7,14H,3-6H2,1-2H3. The van der Waals surface area contributed by atoms with Crippen molar-refractivity contribution in [3.8, 4) is 0 Å². The van der Waals surface area contributed by atoms with Crippen molar-refractivity contribution in [2.45, 2.75) is 25.4 Å². The number of esters is 1. The molecule has 1 rings (SSSR count). The van der Waals surface area contributed by atoms with Gasteiger partial charge in [0.15, 0.2) is 5.16 Å². The van der Waals surface area contributed by atoms with Gasteiger partial charge in [-0.3, -0.25) is 0 Å². The quantitative estimate of drug-likeness (QED) is 0.359. The molecule has 0 aliphatic heterocycles. The highest BCUT2D eigenvalue weighted by atomic mass is 32.2. The first kappa shape index (κ1) is 13.9. The molecule has 1 N–H and O–H groups in total. The Morgan fingerprint density at radius 3 is 2.94 bits per heavy atom. The van der Waals surface area contributed by atoms with Gasteiger partial charge in [0, 0.05) is 18.6 Å². The van der Waals surface area contributed by atoms with Gasteiger partial charge in [-0.05, 0) is 20.3 Å². The summed E-state index contributed by atoms with van der Waals surface area (Å²) in [5, 5.41) is 9.27. The summed E-state index contributed by atoms with van der Waals surface area (Å²) >= 11 is 1.46. The summed E-state index contributed by atoms with van der Waals surface area (Å²) in [6, 6.07) is 0. The van der Waals surface area contributed by atoms with E-state index in [0.717, 1.165) is 5.75 Å². The number of aryl methyl sites for hydroxylation is 1. The molecule has 0 unspecified atom stereocenters. The molecule has 1 aromatic rings. The smallest absolute Gasteiger partial charge is 0.341 e. The van der Waals surface area contributed by atoms with E-state index in [1.54, 1.807) is 13.8 Å². The van der Waals surface area contributed by atoms with Crippen LogP contribution in [0.1, 0.15) is 29.4 Å². The summed E-state index contributed by atoms with van der Waals surface area (Å²) in [6.07, 6.45) is 2.19. The predicted molar refractivity (Wildman–Crippen MR) is 65.2 cm³/mol. The van der Waals surface area contributed by atoms with Crippen LogP contribution in [0.2, 0.25) is 0 Å². The van der Waals surface area contributed by atoms with Crippen molar-refractivity contribution in [3.05, 3.63) is 17.5 Å². The largest absolute Gasteiger partial charge is 0.462 e. The summed E-state index contributed by atoms with van der Waals surface area (Å²) in [5.74, 6) is 0.367. The molecule has 0 atom stereocenters. The van der Waals surface area contributed by atoms with Crippen LogP contribution in [0.25, 0.3) is 0 Å². The fraction of sp³-hybridized carbons (Fsp3) is 0.545. The van der Waals surface area contributed by atoms with Crippen LogP contribution in [0.15, 0.2) is 11.4 Å². The number of carbonyl (C=O) groups is 1. The van der Waals surface area contributed by atoms with Gasteiger partial charge >= 0.3 is 5.97 Å². The summed E-state index contributed by atoms with van der Waals surface area (Å²) < 4.78 is 4.89. The van der Waals surface area contributed by atoms with Crippen molar-refractivity contribution in [2.24, 2.45) is 0 Å². The van der Waals surface area contributed by atoms with Crippen LogP contribution in [0.4, 0.5) is 0 Å². The SMILES string of the molecule is CCOC(=O)c1cnc(SCCCO)nc1C. The molecule has 0 spiro atoms. The Bertz CT molecular complexity index is 385. The van der Waals surface area contributed by atoms with Gasteiger partial charge in [-0.2, -0.15) is 0 Å². The second-order valence-electron chi connectivity index (χ2n) is 3.30. The number of hydrogen-bond acceptors (Lipinski definition) is 6. The minimum Gasteiger partial charge on any atom is -0.462 e. The molecule has 0 amide bonds. The van der Waals surface area contributed by atoms with Crippen molar-refractivity contribution in [1.82, 2.24) is 9.97 Å². The van der Waals surface area contributed by atoms with Gasteiger partial charge in [-0.25, -0.2) is 14.8 Å². The number of aliphatic hydroxyl groups is 1. The van der Waals surface area contributed by atoms with E-state index < -0.39 is 5.97 Å². The first-order valence-corrected chi connectivity index (χ1v) is 6.42. The normalized spacial score (nSPS) is 10.3. The van der Waals surface area contributed by atoms with Crippen LogP contribution in [0.5, 0.6) is 0 Å². The number of ether oxygens (including phenoxy) is 1. The second kappa shape index (κ2) is 7.24. The fourth-order valence-corrected chi connectivity index (χ4v) is 1.94. The van der Waals surface area contributed by atoms with Crippen molar-refractivity contribution in [1.29, 1.82) is 0 Å². The minimum absolute atomic E-state index is 0.160. The van der Waals surface area contributed by atoms with Crippen LogP contribution in [-0.2, 0) is 4.74 Å². The number of nitrogens with zero attached hydrogens (tertiary/aromatic N) is 2. The maximum absolute atomic E-state index is 11.5. The monoisotopic (exact) mass is 256 g/mol. The zero-order valence-electron chi connectivity index (χ0n) is 9.97. The van der Waals surface area contributed by atoms with Crippen LogP contribution in [0, 0.1) is 6.92 Å². The van der Waals surface area contributed by atoms with Crippen molar-refractivity contribution < 1.29 is 14.6 Å². The van der Waals surface area contributed by atoms with E-state index in [2.05, 4.69) is 9.97 Å². The maximum Gasteiger partial charge on any atom is 0.341 e. The molecule has 6 heteroatoms. The first-order valence-electron chi connectivity index (χ1n) is 5.43. The molecule has 0 fully saturated rings. The lowest BCUT2D eigenvalue weighted by atomic mass is 10.2. The van der Waals surface area contributed by atoms with Gasteiger partial charge in [0.1, 0.15) is 0 Å². The lowest BCUT2D eigenvalue weighted by Crippen LogP contribution is -2.09. The molecule has 0 bridgehead atoms. The lowest BCUT2D eigenvalue weighted by molar-refractivity contribution is 0.0524. The number of aromatic nitrogens is 2. The van der Waals surface area contributed by atoms with E-state index in [1.807, 2.05) is 0 Å². The summed E-state index contributed by atoms with van der Waals surface area (Å²) in [5.41, 5.74) is 1.02. The molecule has 0 saturated heterocycles. The van der Waals surface area contributed by atoms with Crippen LogP contribution < -0.4 is 0 Å². The molecule has 5 nitrogen and oxygen atoms in total. The van der Waals surface area contributed by atoms with Crippen LogP contribution in [-0.4, -0.2) is 40.0 Å². The van der Waals surface area contributed by atoms with Crippen molar-refractivity contribution in [2.75, 3.05) is 19.0 Å². The molecule has 0 aliphatic carbocycles. The summed E-state index contributed by atoms with van der Waals surface area (Å²) in [7, 11) is 0. The topological polar surface area (TPSA) is 72.3 Å². The first-order chi connectivity index (χ1) is 8.19. The van der Waals surface area contributed by atoms with Crippen molar-refractivity contribution in [3.63, 3.8) is 0 Å². The zero-order valence-corrected chi connectivity index (χ0v) is 10.8. The molecule has 0 radical (unpaired) electrons. The van der Waals surface area contributed by atoms with E-state index in [-0.39, 0.29) is 6.61 Å². The maximum atomic E-state index is 11.5. The molecule has 0 aliphatic rings. The predicted octanol–water partition coefficient (Wildman–Crippen LogP) is 1.44. The Balaban J connectivity index is 2.68. The second-order valence-corrected chi connectivity index (χ2v) is 4.36. The molecule has 1 aromatic heterocycles.